The van der Waals surface area contributed by atoms with Gasteiger partial charge in [-0.25, -0.2) is 0 Å². The number of rotatable bonds is 9. The Morgan fingerprint density at radius 3 is 2.18 bits per heavy atom. The summed E-state index contributed by atoms with van der Waals surface area (Å²) in [6.07, 6.45) is 20.2. The van der Waals surface area contributed by atoms with Gasteiger partial charge in [-0.2, -0.15) is 0 Å². The lowest BCUT2D eigenvalue weighted by atomic mass is 9.68. The lowest BCUT2D eigenvalue weighted by Gasteiger charge is -2.37. The second-order valence-corrected chi connectivity index (χ2v) is 9.04. The average Bonchev–Trinajstić information content (AvgIpc) is 2.75. The SMILES string of the molecule is C=CCCCOCc1ccc(C2CCC(C3CCC(C=CC)CC3)CC2)cc1. The van der Waals surface area contributed by atoms with E-state index >= 15 is 0 Å². The zero-order chi connectivity index (χ0) is 19.6. The van der Waals surface area contributed by atoms with Crippen LogP contribution >= 0.6 is 0 Å². The Bertz CT molecular complexity index is 583. The molecule has 1 heteroatoms. The fraction of sp³-hybridized carbons (Fsp3) is 0.630. The summed E-state index contributed by atoms with van der Waals surface area (Å²) in [4.78, 5) is 0. The van der Waals surface area contributed by atoms with E-state index in [4.69, 9.17) is 4.74 Å². The van der Waals surface area contributed by atoms with Crippen LogP contribution in [0.5, 0.6) is 0 Å². The van der Waals surface area contributed by atoms with Crippen LogP contribution in [0.4, 0.5) is 0 Å². The molecule has 0 heterocycles. The highest BCUT2D eigenvalue weighted by Crippen LogP contribution is 2.44. The molecule has 1 aromatic carbocycles. The van der Waals surface area contributed by atoms with Gasteiger partial charge in [-0.05, 0) is 106 Å². The van der Waals surface area contributed by atoms with Crippen LogP contribution in [0.25, 0.3) is 0 Å². The average molecular weight is 381 g/mol. The Morgan fingerprint density at radius 1 is 0.929 bits per heavy atom. The molecule has 0 saturated heterocycles. The second-order valence-electron chi connectivity index (χ2n) is 9.04. The zero-order valence-electron chi connectivity index (χ0n) is 18.0. The lowest BCUT2D eigenvalue weighted by molar-refractivity contribution is 0.119. The molecule has 0 radical (unpaired) electrons. The number of hydrogen-bond donors (Lipinski definition) is 0. The summed E-state index contributed by atoms with van der Waals surface area (Å²) >= 11 is 0. The quantitative estimate of drug-likeness (QED) is 0.313. The molecule has 0 aliphatic heterocycles. The smallest absolute Gasteiger partial charge is 0.0716 e. The molecule has 2 aliphatic rings. The van der Waals surface area contributed by atoms with Crippen molar-refractivity contribution in [2.45, 2.75) is 83.7 Å². The molecule has 1 nitrogen and oxygen atoms in total. The number of unbranched alkanes of at least 4 members (excludes halogenated alkanes) is 1. The van der Waals surface area contributed by atoms with E-state index in [1.54, 1.807) is 5.56 Å². The molecule has 1 aromatic rings. The van der Waals surface area contributed by atoms with Crippen molar-refractivity contribution in [2.24, 2.45) is 17.8 Å². The first-order chi connectivity index (χ1) is 13.8. The van der Waals surface area contributed by atoms with Crippen LogP contribution < -0.4 is 0 Å². The van der Waals surface area contributed by atoms with Crippen LogP contribution in [0.2, 0.25) is 0 Å². The summed E-state index contributed by atoms with van der Waals surface area (Å²) in [5.41, 5.74) is 2.85. The number of benzene rings is 1. The molecule has 2 aliphatic carbocycles. The first-order valence-electron chi connectivity index (χ1n) is 11.7. The summed E-state index contributed by atoms with van der Waals surface area (Å²) in [6, 6.07) is 9.26. The molecule has 0 spiro atoms. The van der Waals surface area contributed by atoms with E-state index < -0.39 is 0 Å². The highest BCUT2D eigenvalue weighted by molar-refractivity contribution is 5.25. The predicted molar refractivity (Wildman–Crippen MR) is 120 cm³/mol. The summed E-state index contributed by atoms with van der Waals surface area (Å²) in [5.74, 6) is 3.63. The minimum absolute atomic E-state index is 0.736. The van der Waals surface area contributed by atoms with Gasteiger partial charge >= 0.3 is 0 Å². The van der Waals surface area contributed by atoms with E-state index in [1.807, 2.05) is 6.08 Å². The lowest BCUT2D eigenvalue weighted by Crippen LogP contribution is -2.25. The maximum absolute atomic E-state index is 5.76. The summed E-state index contributed by atoms with van der Waals surface area (Å²) in [7, 11) is 0. The maximum atomic E-state index is 5.76. The number of allylic oxidation sites excluding steroid dienone is 3. The molecule has 3 rings (SSSR count). The molecule has 0 bridgehead atoms. The monoisotopic (exact) mass is 380 g/mol. The van der Waals surface area contributed by atoms with Crippen LogP contribution in [0.15, 0.2) is 49.1 Å². The normalized spacial score (nSPS) is 28.5. The van der Waals surface area contributed by atoms with Gasteiger partial charge in [0.15, 0.2) is 0 Å². The van der Waals surface area contributed by atoms with E-state index in [9.17, 15) is 0 Å². The first-order valence-corrected chi connectivity index (χ1v) is 11.7. The largest absolute Gasteiger partial charge is 0.377 e. The van der Waals surface area contributed by atoms with Crippen molar-refractivity contribution < 1.29 is 4.74 Å². The van der Waals surface area contributed by atoms with Crippen molar-refractivity contribution >= 4 is 0 Å². The fourth-order valence-corrected chi connectivity index (χ4v) is 5.41. The van der Waals surface area contributed by atoms with E-state index in [2.05, 4.69) is 49.9 Å². The maximum Gasteiger partial charge on any atom is 0.0716 e. The van der Waals surface area contributed by atoms with Gasteiger partial charge in [0, 0.05) is 6.61 Å². The predicted octanol–water partition coefficient (Wildman–Crippen LogP) is 7.83. The van der Waals surface area contributed by atoms with Crippen molar-refractivity contribution in [1.82, 2.24) is 0 Å². The van der Waals surface area contributed by atoms with Crippen LogP contribution in [0.3, 0.4) is 0 Å². The minimum Gasteiger partial charge on any atom is -0.377 e. The molecule has 0 aromatic heterocycles. The van der Waals surface area contributed by atoms with Crippen LogP contribution in [-0.4, -0.2) is 6.61 Å². The van der Waals surface area contributed by atoms with Gasteiger partial charge in [-0.3, -0.25) is 0 Å². The fourth-order valence-electron chi connectivity index (χ4n) is 5.41. The van der Waals surface area contributed by atoms with E-state index in [0.29, 0.717) is 0 Å². The molecule has 154 valence electrons. The summed E-state index contributed by atoms with van der Waals surface area (Å²) in [5, 5.41) is 0. The van der Waals surface area contributed by atoms with Crippen molar-refractivity contribution in [1.29, 1.82) is 0 Å². The molecule has 2 fully saturated rings. The number of hydrogen-bond acceptors (Lipinski definition) is 1. The Labute approximate surface area is 173 Å². The van der Waals surface area contributed by atoms with Crippen LogP contribution in [0, 0.1) is 17.8 Å². The Hall–Kier alpha value is -1.34. The van der Waals surface area contributed by atoms with Crippen molar-refractivity contribution in [3.05, 3.63) is 60.2 Å². The molecular weight excluding hydrogens is 340 g/mol. The van der Waals surface area contributed by atoms with Gasteiger partial charge in [-0.1, -0.05) is 42.5 Å². The minimum atomic E-state index is 0.736. The highest BCUT2D eigenvalue weighted by Gasteiger charge is 2.30. The van der Waals surface area contributed by atoms with Gasteiger partial charge in [0.1, 0.15) is 0 Å². The van der Waals surface area contributed by atoms with Crippen LogP contribution in [-0.2, 0) is 11.3 Å². The second kappa shape index (κ2) is 11.6. The van der Waals surface area contributed by atoms with Gasteiger partial charge in [0.25, 0.3) is 0 Å². The first kappa shape index (κ1) is 21.4. The van der Waals surface area contributed by atoms with Crippen molar-refractivity contribution in [2.75, 3.05) is 6.61 Å². The van der Waals surface area contributed by atoms with E-state index in [-0.39, 0.29) is 0 Å². The topological polar surface area (TPSA) is 9.23 Å². The molecule has 28 heavy (non-hydrogen) atoms. The van der Waals surface area contributed by atoms with Crippen molar-refractivity contribution in [3.63, 3.8) is 0 Å². The third kappa shape index (κ3) is 6.34. The molecule has 0 amide bonds. The summed E-state index contributed by atoms with van der Waals surface area (Å²) in [6.45, 7) is 7.48. The van der Waals surface area contributed by atoms with Gasteiger partial charge in [0.2, 0.25) is 0 Å². The molecule has 2 saturated carbocycles. The van der Waals surface area contributed by atoms with Crippen LogP contribution in [0.1, 0.15) is 88.2 Å². The van der Waals surface area contributed by atoms with Gasteiger partial charge < -0.3 is 4.74 Å². The Kier molecular flexibility index (Phi) is 8.86. The molecule has 0 N–H and O–H groups in total. The van der Waals surface area contributed by atoms with Crippen molar-refractivity contribution in [3.8, 4) is 0 Å². The van der Waals surface area contributed by atoms with E-state index in [1.165, 1.54) is 56.9 Å². The number of ether oxygens (including phenoxy) is 1. The Balaban J connectivity index is 1.39. The molecular formula is C27H40O. The van der Waals surface area contributed by atoms with E-state index in [0.717, 1.165) is 49.7 Å². The summed E-state index contributed by atoms with van der Waals surface area (Å²) < 4.78 is 5.76. The molecule has 0 unspecified atom stereocenters. The van der Waals surface area contributed by atoms with Gasteiger partial charge in [-0.15, -0.1) is 6.58 Å². The Morgan fingerprint density at radius 2 is 1.57 bits per heavy atom. The zero-order valence-corrected chi connectivity index (χ0v) is 18.0. The molecule has 0 atom stereocenters. The third-order valence-electron chi connectivity index (χ3n) is 7.14. The van der Waals surface area contributed by atoms with Gasteiger partial charge in [0.05, 0.1) is 6.61 Å². The highest BCUT2D eigenvalue weighted by atomic mass is 16.5. The third-order valence-corrected chi connectivity index (χ3v) is 7.14. The standard InChI is InChI=1S/C27H40O/c1-3-5-6-20-28-21-23-10-14-25(15-11-23)27-18-16-26(17-19-27)24-12-8-22(7-4-2)9-13-24/h3-4,7,10-11,14-15,22,24,26-27H,1,5-6,8-9,12-13,16-21H2,2H3.